The van der Waals surface area contributed by atoms with Gasteiger partial charge in [-0.2, -0.15) is 0 Å². The third-order valence-corrected chi connectivity index (χ3v) is 3.07. The number of benzene rings is 2. The van der Waals surface area contributed by atoms with Crippen molar-refractivity contribution in [1.29, 1.82) is 0 Å². The second-order valence-corrected chi connectivity index (χ2v) is 4.61. The van der Waals surface area contributed by atoms with Gasteiger partial charge >= 0.3 is 5.97 Å². The number of carbonyl (C=O) groups excluding carboxylic acids is 1. The minimum atomic E-state index is -0.451. The van der Waals surface area contributed by atoms with Crippen LogP contribution in [0.4, 0.5) is 0 Å². The predicted molar refractivity (Wildman–Crippen MR) is 79.8 cm³/mol. The maximum atomic E-state index is 11.8. The summed E-state index contributed by atoms with van der Waals surface area (Å²) in [4.78, 5) is 11.8. The summed E-state index contributed by atoms with van der Waals surface area (Å²) in [6.07, 6.45) is 0. The Morgan fingerprint density at radius 3 is 2.52 bits per heavy atom. The van der Waals surface area contributed by atoms with Gasteiger partial charge in [-0.3, -0.25) is 0 Å². The number of methoxy groups -OCH3 is 2. The molecule has 0 spiro atoms. The molecular weight excluding hydrogens is 268 g/mol. The lowest BCUT2D eigenvalue weighted by Crippen LogP contribution is -2.07. The van der Waals surface area contributed by atoms with Crippen molar-refractivity contribution in [2.75, 3.05) is 14.2 Å². The molecule has 0 saturated carbocycles. The van der Waals surface area contributed by atoms with Gasteiger partial charge in [-0.1, -0.05) is 35.9 Å². The summed E-state index contributed by atoms with van der Waals surface area (Å²) in [7, 11) is 2.88. The Bertz CT molecular complexity index is 634. The predicted octanol–water partition coefficient (Wildman–Crippen LogP) is 3.37. The first kappa shape index (κ1) is 14.9. The summed E-state index contributed by atoms with van der Waals surface area (Å²) in [5.41, 5.74) is 2.53. The summed E-state index contributed by atoms with van der Waals surface area (Å²) in [5.74, 6) is 0.451. The summed E-state index contributed by atoms with van der Waals surface area (Å²) in [5, 5.41) is 0. The van der Waals surface area contributed by atoms with Crippen molar-refractivity contribution in [1.82, 2.24) is 0 Å². The van der Waals surface area contributed by atoms with Crippen molar-refractivity contribution in [3.8, 4) is 11.5 Å². The first-order chi connectivity index (χ1) is 10.2. The van der Waals surface area contributed by atoms with E-state index in [0.29, 0.717) is 23.7 Å². The maximum Gasteiger partial charge on any atom is 0.341 e. The highest BCUT2D eigenvalue weighted by atomic mass is 16.5. The zero-order chi connectivity index (χ0) is 15.2. The molecule has 2 aromatic carbocycles. The highest BCUT2D eigenvalue weighted by Gasteiger charge is 2.17. The fourth-order valence-electron chi connectivity index (χ4n) is 2.05. The van der Waals surface area contributed by atoms with E-state index >= 15 is 0 Å². The fourth-order valence-corrected chi connectivity index (χ4v) is 2.05. The lowest BCUT2D eigenvalue weighted by Gasteiger charge is -2.14. The van der Waals surface area contributed by atoms with E-state index in [-0.39, 0.29) is 0 Å². The molecule has 4 nitrogen and oxygen atoms in total. The number of hydrogen-bond donors (Lipinski definition) is 0. The van der Waals surface area contributed by atoms with Gasteiger partial charge in [-0.25, -0.2) is 4.79 Å². The van der Waals surface area contributed by atoms with E-state index in [9.17, 15) is 4.79 Å². The number of ether oxygens (including phenoxy) is 3. The van der Waals surface area contributed by atoms with Crippen LogP contribution in [0.15, 0.2) is 42.5 Å². The normalized spacial score (nSPS) is 10.0. The summed E-state index contributed by atoms with van der Waals surface area (Å²) in [6, 6.07) is 13.1. The smallest absolute Gasteiger partial charge is 0.341 e. The Balaban J connectivity index is 2.27. The fraction of sp³-hybridized carbons (Fsp3) is 0.235. The van der Waals surface area contributed by atoms with Crippen molar-refractivity contribution in [2.45, 2.75) is 13.5 Å². The van der Waals surface area contributed by atoms with Crippen molar-refractivity contribution in [3.63, 3.8) is 0 Å². The molecule has 2 rings (SSSR count). The van der Waals surface area contributed by atoms with Crippen LogP contribution in [0.1, 0.15) is 21.5 Å². The molecule has 0 atom stereocenters. The highest BCUT2D eigenvalue weighted by Crippen LogP contribution is 2.32. The van der Waals surface area contributed by atoms with Crippen LogP contribution in [-0.2, 0) is 11.3 Å². The molecule has 0 radical (unpaired) electrons. The van der Waals surface area contributed by atoms with Gasteiger partial charge in [0.05, 0.1) is 14.2 Å². The lowest BCUT2D eigenvalue weighted by molar-refractivity contribution is 0.0594. The van der Waals surface area contributed by atoms with Crippen LogP contribution >= 0.6 is 0 Å². The average Bonchev–Trinajstić information content (AvgIpc) is 2.51. The molecule has 4 heteroatoms. The van der Waals surface area contributed by atoms with Crippen LogP contribution in [0.3, 0.4) is 0 Å². The number of para-hydroxylation sites is 1. The molecule has 0 amide bonds. The molecule has 0 aromatic heterocycles. The molecule has 0 bridgehead atoms. The second-order valence-electron chi connectivity index (χ2n) is 4.61. The summed E-state index contributed by atoms with van der Waals surface area (Å²) in [6.45, 7) is 2.37. The third kappa shape index (κ3) is 3.54. The number of hydrogen-bond acceptors (Lipinski definition) is 4. The molecule has 21 heavy (non-hydrogen) atoms. The van der Waals surface area contributed by atoms with Gasteiger partial charge in [0.1, 0.15) is 12.2 Å². The minimum absolute atomic E-state index is 0.351. The van der Waals surface area contributed by atoms with Crippen molar-refractivity contribution in [2.24, 2.45) is 0 Å². The zero-order valence-electron chi connectivity index (χ0n) is 12.4. The van der Waals surface area contributed by atoms with Crippen LogP contribution < -0.4 is 9.47 Å². The average molecular weight is 286 g/mol. The second kappa shape index (κ2) is 6.79. The molecule has 0 aliphatic carbocycles. The third-order valence-electron chi connectivity index (χ3n) is 3.07. The van der Waals surface area contributed by atoms with E-state index in [2.05, 4.69) is 0 Å². The van der Waals surface area contributed by atoms with Gasteiger partial charge in [-0.15, -0.1) is 0 Å². The first-order valence-electron chi connectivity index (χ1n) is 6.59. The van der Waals surface area contributed by atoms with E-state index in [1.54, 1.807) is 18.2 Å². The van der Waals surface area contributed by atoms with Crippen LogP contribution in [0, 0.1) is 6.92 Å². The van der Waals surface area contributed by atoms with Gasteiger partial charge < -0.3 is 14.2 Å². The molecule has 110 valence electrons. The quantitative estimate of drug-likeness (QED) is 0.790. The van der Waals surface area contributed by atoms with Crippen molar-refractivity contribution in [3.05, 3.63) is 59.2 Å². The molecule has 0 saturated heterocycles. The number of rotatable bonds is 5. The number of carbonyl (C=O) groups is 1. The lowest BCUT2D eigenvalue weighted by atomic mass is 10.1. The zero-order valence-corrected chi connectivity index (χ0v) is 12.4. The SMILES string of the molecule is COC(=O)c1cccc(OC)c1OCc1cccc(C)c1. The van der Waals surface area contributed by atoms with Crippen molar-refractivity contribution < 1.29 is 19.0 Å². The monoisotopic (exact) mass is 286 g/mol. The number of esters is 1. The Kier molecular flexibility index (Phi) is 4.82. The van der Waals surface area contributed by atoms with E-state index in [1.807, 2.05) is 31.2 Å². The standard InChI is InChI=1S/C17H18O4/c1-12-6-4-7-13(10-12)11-21-16-14(17(18)20-3)8-5-9-15(16)19-2/h4-10H,11H2,1-3H3. The van der Waals surface area contributed by atoms with Crippen LogP contribution in [0.2, 0.25) is 0 Å². The van der Waals surface area contributed by atoms with Gasteiger partial charge in [0.2, 0.25) is 0 Å². The van der Waals surface area contributed by atoms with Crippen LogP contribution in [-0.4, -0.2) is 20.2 Å². The molecule has 0 heterocycles. The topological polar surface area (TPSA) is 44.8 Å². The molecule has 0 unspecified atom stereocenters. The van der Waals surface area contributed by atoms with Crippen LogP contribution in [0.5, 0.6) is 11.5 Å². The van der Waals surface area contributed by atoms with Gasteiger partial charge in [0, 0.05) is 0 Å². The van der Waals surface area contributed by atoms with Gasteiger partial charge in [-0.05, 0) is 24.6 Å². The highest BCUT2D eigenvalue weighted by molar-refractivity contribution is 5.93. The van der Waals surface area contributed by atoms with Gasteiger partial charge in [0.15, 0.2) is 11.5 Å². The maximum absolute atomic E-state index is 11.8. The first-order valence-corrected chi connectivity index (χ1v) is 6.59. The van der Waals surface area contributed by atoms with Gasteiger partial charge in [0.25, 0.3) is 0 Å². The Morgan fingerprint density at radius 2 is 1.86 bits per heavy atom. The van der Waals surface area contributed by atoms with E-state index in [4.69, 9.17) is 14.2 Å². The Hall–Kier alpha value is -2.49. The summed E-state index contributed by atoms with van der Waals surface area (Å²) < 4.78 is 15.8. The molecule has 0 aliphatic heterocycles. The molecule has 0 fully saturated rings. The molecule has 2 aromatic rings. The summed E-state index contributed by atoms with van der Waals surface area (Å²) >= 11 is 0. The van der Waals surface area contributed by atoms with E-state index in [1.165, 1.54) is 14.2 Å². The molecule has 0 N–H and O–H groups in total. The molecular formula is C17H18O4. The molecule has 0 aliphatic rings. The van der Waals surface area contributed by atoms with E-state index in [0.717, 1.165) is 11.1 Å². The minimum Gasteiger partial charge on any atom is -0.493 e. The van der Waals surface area contributed by atoms with E-state index < -0.39 is 5.97 Å². The Labute approximate surface area is 124 Å². The van der Waals surface area contributed by atoms with Crippen molar-refractivity contribution >= 4 is 5.97 Å². The van der Waals surface area contributed by atoms with Crippen LogP contribution in [0.25, 0.3) is 0 Å². The Morgan fingerprint density at radius 1 is 1.10 bits per heavy atom. The largest absolute Gasteiger partial charge is 0.493 e. The number of aryl methyl sites for hydroxylation is 1.